The number of methoxy groups -OCH3 is 1. The first kappa shape index (κ1) is 29.5. The molecule has 0 bridgehead atoms. The standard InChI is InChI=1S/C32H35FN8O2/c1-22(23-8-10-24(33)11-9-23)36-29-20-35-32(38-31(29)41(21-42)27-7-5-6-25(18-27)34-2)37-28-13-12-26(19-30(28)43-4)40-16-14-39(3)15-17-40/h5-13,18-21,34H,14-17H2,1-4H3,(H,35,37,38). The third-order valence-electron chi connectivity index (χ3n) is 7.35. The van der Waals surface area contributed by atoms with Crippen molar-refractivity contribution in [3.05, 3.63) is 84.3 Å². The number of nitrogens with zero attached hydrogens (tertiary/aromatic N) is 6. The van der Waals surface area contributed by atoms with Crippen molar-refractivity contribution in [2.24, 2.45) is 4.99 Å². The Morgan fingerprint density at radius 3 is 2.53 bits per heavy atom. The van der Waals surface area contributed by atoms with E-state index in [4.69, 9.17) is 14.7 Å². The number of nitrogens with one attached hydrogen (secondary N) is 2. The normalized spacial score (nSPS) is 13.9. The predicted octanol–water partition coefficient (Wildman–Crippen LogP) is 5.60. The summed E-state index contributed by atoms with van der Waals surface area (Å²) >= 11 is 0. The summed E-state index contributed by atoms with van der Waals surface area (Å²) in [5, 5.41) is 6.35. The second-order valence-electron chi connectivity index (χ2n) is 10.2. The van der Waals surface area contributed by atoms with E-state index >= 15 is 0 Å². The number of likely N-dealkylation sites (N-methyl/N-ethyl adjacent to an activating group) is 1. The first-order chi connectivity index (χ1) is 20.9. The summed E-state index contributed by atoms with van der Waals surface area (Å²) in [5.41, 5.74) is 4.89. The van der Waals surface area contributed by atoms with Crippen LogP contribution in [0.15, 0.2) is 77.9 Å². The molecule has 1 amide bonds. The Hall–Kier alpha value is -5.03. The smallest absolute Gasteiger partial charge is 0.229 e. The molecule has 1 saturated heterocycles. The first-order valence-corrected chi connectivity index (χ1v) is 14.0. The van der Waals surface area contributed by atoms with Gasteiger partial charge in [0.2, 0.25) is 12.4 Å². The van der Waals surface area contributed by atoms with Gasteiger partial charge >= 0.3 is 0 Å². The Morgan fingerprint density at radius 2 is 1.84 bits per heavy atom. The molecule has 0 radical (unpaired) electrons. The number of rotatable bonds is 10. The molecular formula is C32H35FN8O2. The Labute approximate surface area is 250 Å². The number of halogens is 1. The summed E-state index contributed by atoms with van der Waals surface area (Å²) < 4.78 is 19.2. The van der Waals surface area contributed by atoms with E-state index in [-0.39, 0.29) is 17.6 Å². The maximum absolute atomic E-state index is 13.5. The molecule has 1 aliphatic heterocycles. The fourth-order valence-corrected chi connectivity index (χ4v) is 4.83. The molecule has 10 nitrogen and oxygen atoms in total. The van der Waals surface area contributed by atoms with Gasteiger partial charge in [-0.25, -0.2) is 14.4 Å². The molecule has 222 valence electrons. The van der Waals surface area contributed by atoms with Gasteiger partial charge in [0, 0.05) is 56.4 Å². The Balaban J connectivity index is 1.52. The number of benzene rings is 3. The lowest BCUT2D eigenvalue weighted by atomic mass is 10.1. The first-order valence-electron chi connectivity index (χ1n) is 14.0. The number of carbonyl (C=O) groups is 1. The van der Waals surface area contributed by atoms with Crippen LogP contribution in [0.25, 0.3) is 0 Å². The van der Waals surface area contributed by atoms with E-state index in [1.807, 2.05) is 49.4 Å². The van der Waals surface area contributed by atoms with E-state index in [2.05, 4.69) is 32.5 Å². The molecule has 1 aromatic heterocycles. The van der Waals surface area contributed by atoms with Crippen molar-refractivity contribution in [2.45, 2.75) is 6.92 Å². The molecule has 1 aliphatic rings. The van der Waals surface area contributed by atoms with Gasteiger partial charge in [0.1, 0.15) is 17.3 Å². The number of amides is 1. The second kappa shape index (κ2) is 13.3. The van der Waals surface area contributed by atoms with Gasteiger partial charge in [0.25, 0.3) is 0 Å². The SMILES string of the molecule is CNc1cccc(N(C=O)c2nc(Nc3ccc(N4CCN(C)CC4)cc3OC)ncc2N=C(C)c2ccc(F)cc2)c1. The van der Waals surface area contributed by atoms with Crippen molar-refractivity contribution < 1.29 is 13.9 Å². The number of hydrogen-bond donors (Lipinski definition) is 2. The number of ether oxygens (including phenoxy) is 1. The molecule has 5 rings (SSSR count). The average molecular weight is 583 g/mol. The molecular weight excluding hydrogens is 547 g/mol. The molecule has 0 saturated carbocycles. The van der Waals surface area contributed by atoms with Crippen LogP contribution >= 0.6 is 0 Å². The van der Waals surface area contributed by atoms with Gasteiger partial charge in [-0.15, -0.1) is 0 Å². The average Bonchev–Trinajstić information content (AvgIpc) is 3.03. The van der Waals surface area contributed by atoms with E-state index in [0.29, 0.717) is 34.9 Å². The van der Waals surface area contributed by atoms with E-state index in [1.54, 1.807) is 32.5 Å². The quantitative estimate of drug-likeness (QED) is 0.184. The third-order valence-corrected chi connectivity index (χ3v) is 7.35. The summed E-state index contributed by atoms with van der Waals surface area (Å²) in [4.78, 5) is 32.6. The van der Waals surface area contributed by atoms with Gasteiger partial charge in [-0.2, -0.15) is 4.98 Å². The Morgan fingerprint density at radius 1 is 1.07 bits per heavy atom. The fourth-order valence-electron chi connectivity index (χ4n) is 4.83. The van der Waals surface area contributed by atoms with Crippen LogP contribution in [-0.2, 0) is 4.79 Å². The van der Waals surface area contributed by atoms with Gasteiger partial charge in [-0.3, -0.25) is 9.69 Å². The highest BCUT2D eigenvalue weighted by molar-refractivity contribution is 6.01. The van der Waals surface area contributed by atoms with Gasteiger partial charge in [-0.1, -0.05) is 18.2 Å². The second-order valence-corrected chi connectivity index (χ2v) is 10.2. The number of hydrogen-bond acceptors (Lipinski definition) is 9. The highest BCUT2D eigenvalue weighted by Gasteiger charge is 2.20. The Kier molecular flexibility index (Phi) is 9.11. The zero-order valence-electron chi connectivity index (χ0n) is 24.7. The highest BCUT2D eigenvalue weighted by Crippen LogP contribution is 2.36. The van der Waals surface area contributed by atoms with Gasteiger partial charge < -0.3 is 25.2 Å². The van der Waals surface area contributed by atoms with Crippen LogP contribution in [-0.4, -0.2) is 74.4 Å². The van der Waals surface area contributed by atoms with Gasteiger partial charge in [-0.05, 0) is 62.0 Å². The predicted molar refractivity (Wildman–Crippen MR) is 170 cm³/mol. The molecule has 4 aromatic rings. The molecule has 2 N–H and O–H groups in total. The summed E-state index contributed by atoms with van der Waals surface area (Å²) in [5.74, 6) is 0.843. The number of anilines is 6. The van der Waals surface area contributed by atoms with E-state index < -0.39 is 0 Å². The van der Waals surface area contributed by atoms with Crippen molar-refractivity contribution in [3.63, 3.8) is 0 Å². The molecule has 0 unspecified atom stereocenters. The number of aromatic nitrogens is 2. The zero-order chi connectivity index (χ0) is 30.3. The Bertz CT molecular complexity index is 1600. The minimum absolute atomic E-state index is 0.260. The minimum atomic E-state index is -0.334. The van der Waals surface area contributed by atoms with Crippen LogP contribution in [0.4, 0.5) is 44.6 Å². The van der Waals surface area contributed by atoms with E-state index in [1.165, 1.54) is 17.0 Å². The van der Waals surface area contributed by atoms with Crippen molar-refractivity contribution in [1.82, 2.24) is 14.9 Å². The molecule has 0 spiro atoms. The van der Waals surface area contributed by atoms with Crippen LogP contribution in [0.2, 0.25) is 0 Å². The lowest BCUT2D eigenvalue weighted by Gasteiger charge is -2.34. The highest BCUT2D eigenvalue weighted by atomic mass is 19.1. The van der Waals surface area contributed by atoms with Crippen molar-refractivity contribution in [1.29, 1.82) is 0 Å². The van der Waals surface area contributed by atoms with Crippen LogP contribution < -0.4 is 25.2 Å². The fraction of sp³-hybridized carbons (Fsp3) is 0.250. The van der Waals surface area contributed by atoms with Crippen molar-refractivity contribution in [3.8, 4) is 5.75 Å². The molecule has 3 aromatic carbocycles. The summed E-state index contributed by atoms with van der Waals surface area (Å²) in [6.45, 7) is 5.68. The van der Waals surface area contributed by atoms with Crippen LogP contribution in [0.1, 0.15) is 12.5 Å². The van der Waals surface area contributed by atoms with Gasteiger partial charge in [0.05, 0.1) is 24.7 Å². The molecule has 0 aliphatic carbocycles. The maximum Gasteiger partial charge on any atom is 0.229 e. The third kappa shape index (κ3) is 6.90. The molecule has 2 heterocycles. The number of piperazine rings is 1. The molecule has 11 heteroatoms. The van der Waals surface area contributed by atoms with Crippen LogP contribution in [0.5, 0.6) is 5.75 Å². The number of aliphatic imine (C=N–C) groups is 1. The lowest BCUT2D eigenvalue weighted by Crippen LogP contribution is -2.44. The van der Waals surface area contributed by atoms with E-state index in [0.717, 1.165) is 43.1 Å². The largest absolute Gasteiger partial charge is 0.494 e. The topological polar surface area (TPSA) is 98.2 Å². The molecule has 0 atom stereocenters. The van der Waals surface area contributed by atoms with Crippen LogP contribution in [0, 0.1) is 5.82 Å². The molecule has 43 heavy (non-hydrogen) atoms. The molecule has 1 fully saturated rings. The summed E-state index contributed by atoms with van der Waals surface area (Å²) in [7, 11) is 5.56. The zero-order valence-corrected chi connectivity index (χ0v) is 24.7. The van der Waals surface area contributed by atoms with Crippen molar-refractivity contribution >= 4 is 52.3 Å². The van der Waals surface area contributed by atoms with Crippen LogP contribution in [0.3, 0.4) is 0 Å². The van der Waals surface area contributed by atoms with Crippen molar-refractivity contribution in [2.75, 3.05) is 67.8 Å². The van der Waals surface area contributed by atoms with Gasteiger partial charge in [0.15, 0.2) is 5.82 Å². The maximum atomic E-state index is 13.5. The lowest BCUT2D eigenvalue weighted by molar-refractivity contribution is -0.106. The monoisotopic (exact) mass is 582 g/mol. The summed E-state index contributed by atoms with van der Waals surface area (Å²) in [6, 6.07) is 19.4. The van der Waals surface area contributed by atoms with E-state index in [9.17, 15) is 9.18 Å². The number of carbonyl (C=O) groups excluding carboxylic acids is 1. The minimum Gasteiger partial charge on any atom is -0.494 e. The summed E-state index contributed by atoms with van der Waals surface area (Å²) in [6.07, 6.45) is 2.25.